The van der Waals surface area contributed by atoms with Gasteiger partial charge in [0, 0.05) is 71.4 Å². The van der Waals surface area contributed by atoms with Crippen molar-refractivity contribution in [3.8, 4) is 11.1 Å². The summed E-state index contributed by atoms with van der Waals surface area (Å²) >= 11 is 1.35. The first-order valence-electron chi connectivity index (χ1n) is 11.5. The van der Waals surface area contributed by atoms with E-state index in [-0.39, 0.29) is 29.8 Å². The van der Waals surface area contributed by atoms with Crippen molar-refractivity contribution in [1.82, 2.24) is 19.8 Å². The van der Waals surface area contributed by atoms with Crippen LogP contribution in [0.3, 0.4) is 0 Å². The lowest BCUT2D eigenvalue weighted by atomic mass is 9.87. The predicted molar refractivity (Wildman–Crippen MR) is 133 cm³/mol. The molecule has 4 aromatic rings. The summed E-state index contributed by atoms with van der Waals surface area (Å²) in [5, 5.41) is 3.41. The molecule has 0 saturated carbocycles. The normalized spacial score (nSPS) is 20.6. The Labute approximate surface area is 201 Å². The van der Waals surface area contributed by atoms with E-state index >= 15 is 0 Å². The number of likely N-dealkylation sites (tertiary alicyclic amines) is 2. The van der Waals surface area contributed by atoms with E-state index in [0.29, 0.717) is 30.2 Å². The fraction of sp³-hybridized carbons (Fsp3) is 0.269. The number of nitrogens with zero attached hydrogens (tertiary/aromatic N) is 3. The molecule has 6 rings (SSSR count). The Morgan fingerprint density at radius 2 is 1.91 bits per heavy atom. The average Bonchev–Trinajstić information content (AvgIpc) is 3.58. The molecule has 34 heavy (non-hydrogen) atoms. The Morgan fingerprint density at radius 1 is 1.09 bits per heavy atom. The van der Waals surface area contributed by atoms with Gasteiger partial charge in [0.15, 0.2) is 5.01 Å². The molecule has 4 heterocycles. The third-order valence-electron chi connectivity index (χ3n) is 7.07. The number of aromatic nitrogens is 2. The molecule has 8 heteroatoms. The lowest BCUT2D eigenvalue weighted by Crippen LogP contribution is -2.61. The van der Waals surface area contributed by atoms with Crippen LogP contribution in [0.1, 0.15) is 26.6 Å². The van der Waals surface area contributed by atoms with Gasteiger partial charge in [0.1, 0.15) is 0 Å². The SMILES string of the molecule is NC1CCN(C(=O)c2nccs2)C1C1CN(C(=O)c2ccc3c(-c4ccccc4)c[nH]c3c2)C1. The van der Waals surface area contributed by atoms with Gasteiger partial charge in [-0.1, -0.05) is 36.4 Å². The third kappa shape index (κ3) is 3.50. The van der Waals surface area contributed by atoms with Crippen LogP contribution in [0.4, 0.5) is 0 Å². The molecule has 2 atom stereocenters. The highest BCUT2D eigenvalue weighted by atomic mass is 32.1. The fourth-order valence-corrected chi connectivity index (χ4v) is 5.92. The quantitative estimate of drug-likeness (QED) is 0.475. The fourth-order valence-electron chi connectivity index (χ4n) is 5.32. The number of nitrogens with two attached hydrogens (primary N) is 1. The van der Waals surface area contributed by atoms with E-state index in [2.05, 4.69) is 22.1 Å². The molecule has 2 aromatic heterocycles. The number of carbonyl (C=O) groups excluding carboxylic acids is 2. The largest absolute Gasteiger partial charge is 0.361 e. The highest BCUT2D eigenvalue weighted by molar-refractivity contribution is 7.11. The number of benzene rings is 2. The zero-order valence-electron chi connectivity index (χ0n) is 18.6. The first-order chi connectivity index (χ1) is 16.6. The molecule has 0 radical (unpaired) electrons. The minimum absolute atomic E-state index is 0.0124. The van der Waals surface area contributed by atoms with Gasteiger partial charge in [-0.3, -0.25) is 9.59 Å². The van der Waals surface area contributed by atoms with Crippen LogP contribution in [-0.2, 0) is 0 Å². The van der Waals surface area contributed by atoms with Gasteiger partial charge in [0.2, 0.25) is 0 Å². The summed E-state index contributed by atoms with van der Waals surface area (Å²) in [5.74, 6) is 0.145. The molecular weight excluding hydrogens is 446 g/mol. The Morgan fingerprint density at radius 3 is 2.68 bits per heavy atom. The third-order valence-corrected chi connectivity index (χ3v) is 7.83. The van der Waals surface area contributed by atoms with Crippen molar-refractivity contribution in [3.05, 3.63) is 76.9 Å². The molecule has 2 unspecified atom stereocenters. The Bertz CT molecular complexity index is 1340. The maximum Gasteiger partial charge on any atom is 0.283 e. The van der Waals surface area contributed by atoms with Gasteiger partial charge < -0.3 is 20.5 Å². The highest BCUT2D eigenvalue weighted by Gasteiger charge is 2.46. The molecule has 2 fully saturated rings. The van der Waals surface area contributed by atoms with Crippen LogP contribution < -0.4 is 5.73 Å². The molecule has 2 amide bonds. The second-order valence-corrected chi connectivity index (χ2v) is 9.97. The van der Waals surface area contributed by atoms with Gasteiger partial charge in [-0.25, -0.2) is 4.98 Å². The van der Waals surface area contributed by atoms with E-state index in [1.54, 1.807) is 6.20 Å². The van der Waals surface area contributed by atoms with E-state index in [1.807, 2.05) is 57.8 Å². The maximum absolute atomic E-state index is 13.2. The summed E-state index contributed by atoms with van der Waals surface area (Å²) in [6, 6.07) is 15.9. The second kappa shape index (κ2) is 8.38. The number of hydrogen-bond donors (Lipinski definition) is 2. The number of H-pyrrole nitrogens is 1. The van der Waals surface area contributed by atoms with Crippen LogP contribution in [0.25, 0.3) is 22.0 Å². The summed E-state index contributed by atoms with van der Waals surface area (Å²) < 4.78 is 0. The summed E-state index contributed by atoms with van der Waals surface area (Å²) in [7, 11) is 0. The lowest BCUT2D eigenvalue weighted by molar-refractivity contribution is 0.0244. The van der Waals surface area contributed by atoms with Gasteiger partial charge in [-0.05, 0) is 24.1 Å². The van der Waals surface area contributed by atoms with Crippen molar-refractivity contribution >= 4 is 34.1 Å². The monoisotopic (exact) mass is 471 g/mol. The maximum atomic E-state index is 13.2. The van der Waals surface area contributed by atoms with E-state index in [1.165, 1.54) is 11.3 Å². The molecule has 7 nitrogen and oxygen atoms in total. The van der Waals surface area contributed by atoms with Gasteiger partial charge >= 0.3 is 0 Å². The Kier molecular flexibility index (Phi) is 5.19. The van der Waals surface area contributed by atoms with Crippen molar-refractivity contribution in [2.45, 2.75) is 18.5 Å². The molecule has 0 aliphatic carbocycles. The van der Waals surface area contributed by atoms with E-state index in [0.717, 1.165) is 28.5 Å². The summed E-state index contributed by atoms with van der Waals surface area (Å²) in [6.45, 7) is 1.86. The molecule has 0 bridgehead atoms. The first kappa shape index (κ1) is 21.1. The highest BCUT2D eigenvalue weighted by Crippen LogP contribution is 2.33. The lowest BCUT2D eigenvalue weighted by Gasteiger charge is -2.45. The second-order valence-electron chi connectivity index (χ2n) is 9.08. The summed E-state index contributed by atoms with van der Waals surface area (Å²) in [4.78, 5) is 37.3. The van der Waals surface area contributed by atoms with Crippen molar-refractivity contribution in [2.75, 3.05) is 19.6 Å². The van der Waals surface area contributed by atoms with Crippen LogP contribution in [0.15, 0.2) is 66.3 Å². The summed E-state index contributed by atoms with van der Waals surface area (Å²) in [5.41, 5.74) is 10.3. The first-order valence-corrected chi connectivity index (χ1v) is 12.4. The van der Waals surface area contributed by atoms with Crippen LogP contribution >= 0.6 is 11.3 Å². The van der Waals surface area contributed by atoms with Crippen molar-refractivity contribution in [3.63, 3.8) is 0 Å². The van der Waals surface area contributed by atoms with E-state index in [4.69, 9.17) is 5.73 Å². The van der Waals surface area contributed by atoms with Crippen LogP contribution in [0.5, 0.6) is 0 Å². The minimum atomic E-state index is -0.0714. The molecule has 3 N–H and O–H groups in total. The smallest absolute Gasteiger partial charge is 0.283 e. The van der Waals surface area contributed by atoms with Crippen molar-refractivity contribution in [2.24, 2.45) is 11.7 Å². The molecular formula is C26H25N5O2S. The van der Waals surface area contributed by atoms with Gasteiger partial charge in [-0.15, -0.1) is 11.3 Å². The van der Waals surface area contributed by atoms with Crippen LogP contribution in [0.2, 0.25) is 0 Å². The molecule has 172 valence electrons. The summed E-state index contributed by atoms with van der Waals surface area (Å²) in [6.07, 6.45) is 4.42. The number of thiazole rings is 1. The van der Waals surface area contributed by atoms with Crippen LogP contribution in [-0.4, -0.2) is 63.3 Å². The Hall–Kier alpha value is -3.49. The standard InChI is InChI=1S/C26H25N5O2S/c27-21-8-10-31(26(33)24-28-9-11-34-24)23(21)18-14-30(15-18)25(32)17-6-7-19-20(13-29-22(19)12-17)16-4-2-1-3-5-16/h1-7,9,11-13,18,21,23,29H,8,10,14-15,27H2. The number of fused-ring (bicyclic) bond motifs is 1. The number of rotatable bonds is 4. The van der Waals surface area contributed by atoms with Crippen molar-refractivity contribution < 1.29 is 9.59 Å². The molecule has 0 spiro atoms. The number of amides is 2. The minimum Gasteiger partial charge on any atom is -0.361 e. The van der Waals surface area contributed by atoms with Crippen molar-refractivity contribution in [1.29, 1.82) is 0 Å². The van der Waals surface area contributed by atoms with E-state index in [9.17, 15) is 9.59 Å². The molecule has 2 aromatic carbocycles. The molecule has 2 saturated heterocycles. The topological polar surface area (TPSA) is 95.3 Å². The molecule has 2 aliphatic rings. The number of aromatic amines is 1. The zero-order chi connectivity index (χ0) is 23.2. The molecule has 2 aliphatic heterocycles. The van der Waals surface area contributed by atoms with Gasteiger partial charge in [0.25, 0.3) is 11.8 Å². The number of nitrogens with one attached hydrogen (secondary N) is 1. The number of hydrogen-bond acceptors (Lipinski definition) is 5. The predicted octanol–water partition coefficient (Wildman–Crippen LogP) is 3.61. The van der Waals surface area contributed by atoms with E-state index < -0.39 is 0 Å². The van der Waals surface area contributed by atoms with Crippen LogP contribution in [0, 0.1) is 5.92 Å². The Balaban J connectivity index is 1.16. The average molecular weight is 472 g/mol. The van der Waals surface area contributed by atoms with Gasteiger partial charge in [0.05, 0.1) is 6.04 Å². The zero-order valence-corrected chi connectivity index (χ0v) is 19.4. The van der Waals surface area contributed by atoms with Gasteiger partial charge in [-0.2, -0.15) is 0 Å². The number of carbonyl (C=O) groups is 2.